The Kier molecular flexibility index (Phi) is 8.48. The Hall–Kier alpha value is -0.333. The van der Waals surface area contributed by atoms with Crippen molar-refractivity contribution in [2.75, 3.05) is 19.0 Å². The number of hydrogen-bond donors (Lipinski definition) is 1. The third-order valence-corrected chi connectivity index (χ3v) is 6.45. The van der Waals surface area contributed by atoms with Gasteiger partial charge in [0, 0.05) is 19.3 Å². The maximum absolute atomic E-state index is 6.27. The van der Waals surface area contributed by atoms with Crippen LogP contribution in [0.25, 0.3) is 0 Å². The molecule has 0 amide bonds. The molecule has 0 saturated carbocycles. The van der Waals surface area contributed by atoms with E-state index in [9.17, 15) is 0 Å². The highest BCUT2D eigenvalue weighted by Crippen LogP contribution is 2.27. The second-order valence-electron chi connectivity index (χ2n) is 4.55. The van der Waals surface area contributed by atoms with Crippen molar-refractivity contribution in [2.24, 2.45) is 0 Å². The summed E-state index contributed by atoms with van der Waals surface area (Å²) in [6.45, 7) is 7.24. The van der Waals surface area contributed by atoms with E-state index in [1.54, 1.807) is 0 Å². The Morgan fingerprint density at radius 1 is 1.10 bits per heavy atom. The summed E-state index contributed by atoms with van der Waals surface area (Å²) in [6, 6.07) is 11.0. The van der Waals surface area contributed by atoms with Crippen molar-refractivity contribution in [3.8, 4) is 0 Å². The van der Waals surface area contributed by atoms with Gasteiger partial charge in [0.2, 0.25) is 0 Å². The van der Waals surface area contributed by atoms with Crippen LogP contribution in [0.5, 0.6) is 0 Å². The molecule has 1 aromatic carbocycles. The molecule has 0 heterocycles. The lowest BCUT2D eigenvalue weighted by atomic mass is 10.1. The molecule has 1 atom stereocenters. The highest BCUT2D eigenvalue weighted by molar-refractivity contribution is 7.80. The molecule has 114 valence electrons. The lowest BCUT2D eigenvalue weighted by Crippen LogP contribution is -2.46. The third kappa shape index (κ3) is 5.58. The maximum Gasteiger partial charge on any atom is 0.501 e. The molecule has 0 aromatic heterocycles. The molecule has 1 rings (SSSR count). The largest absolute Gasteiger partial charge is 0.501 e. The Morgan fingerprint density at radius 2 is 1.70 bits per heavy atom. The average molecular weight is 315 g/mol. The van der Waals surface area contributed by atoms with Crippen molar-refractivity contribution in [1.82, 2.24) is 0 Å². The summed E-state index contributed by atoms with van der Waals surface area (Å²) >= 11 is 4.28. The van der Waals surface area contributed by atoms with Crippen molar-refractivity contribution in [1.29, 1.82) is 0 Å². The molecule has 0 spiro atoms. The summed E-state index contributed by atoms with van der Waals surface area (Å²) in [5, 5.41) is 0. The molecular weight excluding hydrogens is 288 g/mol. The first kappa shape index (κ1) is 17.7. The van der Waals surface area contributed by atoms with E-state index in [2.05, 4.69) is 31.7 Å². The molecule has 20 heavy (non-hydrogen) atoms. The van der Waals surface area contributed by atoms with Crippen molar-refractivity contribution in [2.45, 2.75) is 39.3 Å². The second kappa shape index (κ2) is 9.58. The lowest BCUT2D eigenvalue weighted by Gasteiger charge is -2.31. The molecule has 0 aliphatic rings. The molecule has 0 saturated heterocycles. The van der Waals surface area contributed by atoms with Gasteiger partial charge in [-0.3, -0.25) is 0 Å². The summed E-state index contributed by atoms with van der Waals surface area (Å²) in [5.41, 5.74) is 1.15. The van der Waals surface area contributed by atoms with Gasteiger partial charge in [0.15, 0.2) is 0 Å². The molecule has 0 fully saturated rings. The zero-order valence-corrected chi connectivity index (χ0v) is 14.6. The van der Waals surface area contributed by atoms with Crippen molar-refractivity contribution in [3.63, 3.8) is 0 Å². The molecular formula is C15H26O3SSi. The van der Waals surface area contributed by atoms with Gasteiger partial charge in [-0.2, -0.15) is 12.6 Å². The number of benzene rings is 1. The Morgan fingerprint density at radius 3 is 2.20 bits per heavy atom. The monoisotopic (exact) mass is 314 g/mol. The van der Waals surface area contributed by atoms with Gasteiger partial charge in [-0.25, -0.2) is 0 Å². The predicted molar refractivity (Wildman–Crippen MR) is 88.2 cm³/mol. The van der Waals surface area contributed by atoms with Gasteiger partial charge in [0.25, 0.3) is 0 Å². The van der Waals surface area contributed by atoms with Crippen LogP contribution in [0.2, 0.25) is 6.04 Å². The van der Waals surface area contributed by atoms with Gasteiger partial charge in [-0.1, -0.05) is 30.3 Å². The zero-order chi connectivity index (χ0) is 14.8. The van der Waals surface area contributed by atoms with E-state index in [1.807, 2.05) is 32.0 Å². The SMILES string of the molecule is CCO[Si](CCCS)(OCC)OC(C)c1ccccc1. The maximum atomic E-state index is 6.27. The lowest BCUT2D eigenvalue weighted by molar-refractivity contribution is 0.0377. The van der Waals surface area contributed by atoms with E-state index < -0.39 is 8.80 Å². The van der Waals surface area contributed by atoms with Gasteiger partial charge in [-0.15, -0.1) is 0 Å². The van der Waals surface area contributed by atoms with Crippen LogP contribution in [0.3, 0.4) is 0 Å². The first-order chi connectivity index (χ1) is 9.67. The van der Waals surface area contributed by atoms with Gasteiger partial charge in [0.05, 0.1) is 6.10 Å². The Labute approximate surface area is 129 Å². The number of thiol groups is 1. The summed E-state index contributed by atoms with van der Waals surface area (Å²) in [7, 11) is -2.61. The standard InChI is InChI=1S/C15H26O3SSi/c1-4-16-20(17-5-2,13-9-12-19)18-14(3)15-10-7-6-8-11-15/h6-8,10-11,14,19H,4-5,9,12-13H2,1-3H3. The third-order valence-electron chi connectivity index (χ3n) is 2.99. The molecule has 3 nitrogen and oxygen atoms in total. The zero-order valence-electron chi connectivity index (χ0n) is 12.7. The first-order valence-electron chi connectivity index (χ1n) is 7.29. The van der Waals surface area contributed by atoms with Crippen LogP contribution < -0.4 is 0 Å². The van der Waals surface area contributed by atoms with Crippen molar-refractivity contribution >= 4 is 21.4 Å². The van der Waals surface area contributed by atoms with Crippen molar-refractivity contribution < 1.29 is 13.3 Å². The molecule has 1 aromatic rings. The van der Waals surface area contributed by atoms with Crippen LogP contribution in [0, 0.1) is 0 Å². The van der Waals surface area contributed by atoms with Gasteiger partial charge in [-0.05, 0) is 38.5 Å². The Bertz CT molecular complexity index is 355. The van der Waals surface area contributed by atoms with Crippen LogP contribution in [-0.2, 0) is 13.3 Å². The molecule has 0 N–H and O–H groups in total. The minimum absolute atomic E-state index is 0.0270. The van der Waals surface area contributed by atoms with E-state index in [1.165, 1.54) is 0 Å². The molecule has 0 aliphatic carbocycles. The fourth-order valence-electron chi connectivity index (χ4n) is 2.11. The van der Waals surface area contributed by atoms with Crippen LogP contribution in [0.15, 0.2) is 30.3 Å². The highest BCUT2D eigenvalue weighted by Gasteiger charge is 2.41. The smallest absolute Gasteiger partial charge is 0.374 e. The predicted octanol–water partition coefficient (Wildman–Crippen LogP) is 4.10. The average Bonchev–Trinajstić information content (AvgIpc) is 2.46. The minimum atomic E-state index is -2.61. The van der Waals surface area contributed by atoms with E-state index >= 15 is 0 Å². The second-order valence-corrected chi connectivity index (χ2v) is 7.67. The van der Waals surface area contributed by atoms with Crippen LogP contribution >= 0.6 is 12.6 Å². The van der Waals surface area contributed by atoms with Crippen LogP contribution in [0.4, 0.5) is 0 Å². The van der Waals surface area contributed by atoms with E-state index in [0.29, 0.717) is 13.2 Å². The summed E-state index contributed by atoms with van der Waals surface area (Å²) in [5.74, 6) is 0.817. The van der Waals surface area contributed by atoms with Crippen molar-refractivity contribution in [3.05, 3.63) is 35.9 Å². The fourth-order valence-corrected chi connectivity index (χ4v) is 5.36. The van der Waals surface area contributed by atoms with E-state index in [0.717, 1.165) is 23.8 Å². The van der Waals surface area contributed by atoms with Crippen LogP contribution in [-0.4, -0.2) is 27.8 Å². The highest BCUT2D eigenvalue weighted by atomic mass is 32.1. The Balaban J connectivity index is 2.80. The van der Waals surface area contributed by atoms with E-state index in [4.69, 9.17) is 13.3 Å². The molecule has 0 radical (unpaired) electrons. The number of hydrogen-bond acceptors (Lipinski definition) is 4. The van der Waals surface area contributed by atoms with Crippen LogP contribution in [0.1, 0.15) is 38.9 Å². The van der Waals surface area contributed by atoms with Gasteiger partial charge >= 0.3 is 8.80 Å². The van der Waals surface area contributed by atoms with E-state index in [-0.39, 0.29) is 6.10 Å². The molecule has 0 aliphatic heterocycles. The summed E-state index contributed by atoms with van der Waals surface area (Å²) < 4.78 is 18.1. The normalized spacial score (nSPS) is 13.4. The first-order valence-corrected chi connectivity index (χ1v) is 9.85. The summed E-state index contributed by atoms with van der Waals surface area (Å²) in [4.78, 5) is 0. The molecule has 0 bridgehead atoms. The number of rotatable bonds is 10. The quantitative estimate of drug-likeness (QED) is 0.520. The molecule has 1 unspecified atom stereocenters. The van der Waals surface area contributed by atoms with Gasteiger partial charge in [0.1, 0.15) is 0 Å². The van der Waals surface area contributed by atoms with Gasteiger partial charge < -0.3 is 13.3 Å². The summed E-state index contributed by atoms with van der Waals surface area (Å²) in [6.07, 6.45) is 0.914. The topological polar surface area (TPSA) is 27.7 Å². The fraction of sp³-hybridized carbons (Fsp3) is 0.600. The molecule has 5 heteroatoms. The minimum Gasteiger partial charge on any atom is -0.374 e.